The minimum Gasteiger partial charge on any atom is -0.347 e. The van der Waals surface area contributed by atoms with E-state index in [1.165, 1.54) is 12.1 Å². The number of carbonyl (C=O) groups is 2. The first kappa shape index (κ1) is 18.1. The van der Waals surface area contributed by atoms with Gasteiger partial charge >= 0.3 is 6.03 Å². The minimum absolute atomic E-state index is 0.00627. The van der Waals surface area contributed by atoms with Crippen molar-refractivity contribution in [2.45, 2.75) is 24.4 Å². The van der Waals surface area contributed by atoms with Gasteiger partial charge in [-0.1, -0.05) is 35.3 Å². The predicted molar refractivity (Wildman–Crippen MR) is 101 cm³/mol. The van der Waals surface area contributed by atoms with Crippen molar-refractivity contribution in [2.75, 3.05) is 6.54 Å². The molecule has 3 atom stereocenters. The highest BCUT2D eigenvalue weighted by Gasteiger charge is 2.37. The van der Waals surface area contributed by atoms with Gasteiger partial charge in [-0.15, -0.1) is 0 Å². The summed E-state index contributed by atoms with van der Waals surface area (Å²) in [5, 5.41) is 8.73. The molecule has 1 fully saturated rings. The van der Waals surface area contributed by atoms with Crippen LogP contribution < -0.4 is 16.0 Å². The Balaban J connectivity index is 1.64. The standard InChI is InChI=1S/C19H16Cl2FN3O2/c20-11-3-1-9-5-13(12(9)7-11)17(10-2-4-15(22)14(21)6-10)25-18(26)16-8-23-19(27)24-16/h1-4,6-7,13,16-17H,5,8H2,(H,25,26)(H2,23,24,27). The van der Waals surface area contributed by atoms with Crippen LogP contribution in [0.15, 0.2) is 36.4 Å². The molecule has 1 heterocycles. The molecule has 0 bridgehead atoms. The zero-order valence-electron chi connectivity index (χ0n) is 14.1. The van der Waals surface area contributed by atoms with Crippen LogP contribution >= 0.6 is 23.2 Å². The maximum Gasteiger partial charge on any atom is 0.315 e. The Morgan fingerprint density at radius 3 is 2.74 bits per heavy atom. The van der Waals surface area contributed by atoms with Crippen LogP contribution in [-0.2, 0) is 11.2 Å². The smallest absolute Gasteiger partial charge is 0.315 e. The molecule has 3 N–H and O–H groups in total. The van der Waals surface area contributed by atoms with Crippen LogP contribution in [0.25, 0.3) is 0 Å². The van der Waals surface area contributed by atoms with Crippen molar-refractivity contribution in [1.82, 2.24) is 16.0 Å². The van der Waals surface area contributed by atoms with Gasteiger partial charge in [0.1, 0.15) is 11.9 Å². The molecule has 4 rings (SSSR count). The molecule has 0 aromatic heterocycles. The van der Waals surface area contributed by atoms with Crippen molar-refractivity contribution in [3.63, 3.8) is 0 Å². The Bertz CT molecular complexity index is 937. The Kier molecular flexibility index (Phi) is 4.70. The number of hydrogen-bond acceptors (Lipinski definition) is 2. The van der Waals surface area contributed by atoms with Crippen molar-refractivity contribution in [3.05, 3.63) is 69.0 Å². The number of amides is 3. The molecule has 3 amide bonds. The second-order valence-corrected chi connectivity index (χ2v) is 7.56. The van der Waals surface area contributed by atoms with Gasteiger partial charge in [0.2, 0.25) is 5.91 Å². The summed E-state index contributed by atoms with van der Waals surface area (Å²) in [6.07, 6.45) is 0.752. The van der Waals surface area contributed by atoms with E-state index in [2.05, 4.69) is 16.0 Å². The summed E-state index contributed by atoms with van der Waals surface area (Å²) >= 11 is 12.1. The Morgan fingerprint density at radius 1 is 1.22 bits per heavy atom. The Morgan fingerprint density at radius 2 is 2.04 bits per heavy atom. The van der Waals surface area contributed by atoms with Crippen LogP contribution in [0.4, 0.5) is 9.18 Å². The molecule has 0 saturated carbocycles. The molecule has 1 aliphatic carbocycles. The third-order valence-corrected chi connectivity index (χ3v) is 5.56. The summed E-state index contributed by atoms with van der Waals surface area (Å²) < 4.78 is 13.6. The van der Waals surface area contributed by atoms with Gasteiger partial charge in [0.05, 0.1) is 11.1 Å². The SMILES string of the molecule is O=C1NCC(C(=O)NC(c2ccc(F)c(Cl)c2)C2Cc3ccc(Cl)cc32)N1. The minimum atomic E-state index is -0.658. The quantitative estimate of drug-likeness (QED) is 0.727. The number of benzene rings is 2. The first-order chi connectivity index (χ1) is 12.9. The normalized spacial score (nSPS) is 21.5. The van der Waals surface area contributed by atoms with E-state index in [-0.39, 0.29) is 29.4 Å². The first-order valence-corrected chi connectivity index (χ1v) is 9.26. The molecular weight excluding hydrogens is 392 g/mol. The topological polar surface area (TPSA) is 70.2 Å². The van der Waals surface area contributed by atoms with Crippen LogP contribution in [0.2, 0.25) is 10.0 Å². The van der Waals surface area contributed by atoms with Gasteiger partial charge in [-0.05, 0) is 47.4 Å². The van der Waals surface area contributed by atoms with Gasteiger partial charge in [0, 0.05) is 17.5 Å². The third kappa shape index (κ3) is 3.47. The summed E-state index contributed by atoms with van der Waals surface area (Å²) in [7, 11) is 0. The number of fused-ring (bicyclic) bond motifs is 1. The highest BCUT2D eigenvalue weighted by Crippen LogP contribution is 2.45. The van der Waals surface area contributed by atoms with E-state index in [4.69, 9.17) is 23.2 Å². The molecule has 1 saturated heterocycles. The molecule has 140 valence electrons. The molecular formula is C19H16Cl2FN3O2. The Hall–Kier alpha value is -2.31. The second-order valence-electron chi connectivity index (χ2n) is 6.72. The summed E-state index contributed by atoms with van der Waals surface area (Å²) in [4.78, 5) is 24.0. The molecule has 3 unspecified atom stereocenters. The third-order valence-electron chi connectivity index (χ3n) is 5.04. The summed E-state index contributed by atoms with van der Waals surface area (Å²) in [5.74, 6) is -0.849. The maximum atomic E-state index is 13.6. The number of nitrogens with one attached hydrogen (secondary N) is 3. The molecule has 2 aromatic rings. The highest BCUT2D eigenvalue weighted by atomic mass is 35.5. The molecule has 0 radical (unpaired) electrons. The van der Waals surface area contributed by atoms with E-state index in [9.17, 15) is 14.0 Å². The van der Waals surface area contributed by atoms with E-state index in [0.717, 1.165) is 17.5 Å². The van der Waals surface area contributed by atoms with Crippen molar-refractivity contribution in [2.24, 2.45) is 0 Å². The number of carbonyl (C=O) groups excluding carboxylic acids is 2. The summed E-state index contributed by atoms with van der Waals surface area (Å²) in [6, 6.07) is 8.65. The molecule has 0 spiro atoms. The number of urea groups is 1. The molecule has 5 nitrogen and oxygen atoms in total. The highest BCUT2D eigenvalue weighted by molar-refractivity contribution is 6.31. The fourth-order valence-electron chi connectivity index (χ4n) is 3.60. The van der Waals surface area contributed by atoms with Crippen LogP contribution in [-0.4, -0.2) is 24.5 Å². The fourth-order valence-corrected chi connectivity index (χ4v) is 3.97. The van der Waals surface area contributed by atoms with E-state index >= 15 is 0 Å². The summed E-state index contributed by atoms with van der Waals surface area (Å²) in [5.41, 5.74) is 2.90. The van der Waals surface area contributed by atoms with E-state index in [0.29, 0.717) is 10.6 Å². The lowest BCUT2D eigenvalue weighted by molar-refractivity contribution is -0.123. The van der Waals surface area contributed by atoms with E-state index in [1.54, 1.807) is 6.07 Å². The Labute approximate surface area is 165 Å². The lowest BCUT2D eigenvalue weighted by Gasteiger charge is -2.38. The van der Waals surface area contributed by atoms with Crippen LogP contribution in [0.3, 0.4) is 0 Å². The maximum absolute atomic E-state index is 13.6. The second kappa shape index (κ2) is 7.02. The van der Waals surface area contributed by atoms with Gasteiger partial charge in [0.25, 0.3) is 0 Å². The molecule has 1 aliphatic heterocycles. The van der Waals surface area contributed by atoms with Crippen molar-refractivity contribution in [1.29, 1.82) is 0 Å². The molecule has 27 heavy (non-hydrogen) atoms. The first-order valence-electron chi connectivity index (χ1n) is 8.50. The molecule has 2 aromatic carbocycles. The van der Waals surface area contributed by atoms with Crippen LogP contribution in [0.1, 0.15) is 28.7 Å². The van der Waals surface area contributed by atoms with Crippen molar-refractivity contribution in [3.8, 4) is 0 Å². The monoisotopic (exact) mass is 407 g/mol. The van der Waals surface area contributed by atoms with Crippen molar-refractivity contribution < 1.29 is 14.0 Å². The van der Waals surface area contributed by atoms with E-state index < -0.39 is 17.9 Å². The number of halogens is 3. The predicted octanol–water partition coefficient (Wildman–Crippen LogP) is 3.31. The lowest BCUT2D eigenvalue weighted by Crippen LogP contribution is -2.46. The van der Waals surface area contributed by atoms with Gasteiger partial charge in [-0.2, -0.15) is 0 Å². The summed E-state index contributed by atoms with van der Waals surface area (Å²) in [6.45, 7) is 0.217. The fraction of sp³-hybridized carbons (Fsp3) is 0.263. The zero-order valence-corrected chi connectivity index (χ0v) is 15.6. The van der Waals surface area contributed by atoms with E-state index in [1.807, 2.05) is 18.2 Å². The van der Waals surface area contributed by atoms with Gasteiger partial charge in [-0.3, -0.25) is 4.79 Å². The van der Waals surface area contributed by atoms with Gasteiger partial charge in [-0.25, -0.2) is 9.18 Å². The number of hydrogen-bond donors (Lipinski definition) is 3. The van der Waals surface area contributed by atoms with Gasteiger partial charge < -0.3 is 16.0 Å². The number of rotatable bonds is 4. The van der Waals surface area contributed by atoms with Crippen molar-refractivity contribution >= 4 is 35.1 Å². The zero-order chi connectivity index (χ0) is 19.1. The van der Waals surface area contributed by atoms with Crippen LogP contribution in [0.5, 0.6) is 0 Å². The molecule has 2 aliphatic rings. The lowest BCUT2D eigenvalue weighted by atomic mass is 9.71. The van der Waals surface area contributed by atoms with Gasteiger partial charge in [0.15, 0.2) is 0 Å². The largest absolute Gasteiger partial charge is 0.347 e. The average molecular weight is 408 g/mol. The average Bonchev–Trinajstić information content (AvgIpc) is 3.06. The molecule has 8 heteroatoms. The van der Waals surface area contributed by atoms with Crippen LogP contribution in [0, 0.1) is 5.82 Å².